The van der Waals surface area contributed by atoms with E-state index in [1.807, 2.05) is 12.1 Å². The van der Waals surface area contributed by atoms with Crippen LogP contribution >= 0.6 is 0 Å². The van der Waals surface area contributed by atoms with Crippen molar-refractivity contribution in [3.05, 3.63) is 29.8 Å². The van der Waals surface area contributed by atoms with Crippen LogP contribution in [0.25, 0.3) is 0 Å². The highest BCUT2D eigenvalue weighted by Crippen LogP contribution is 2.19. The fraction of sp³-hybridized carbons (Fsp3) is 0.600. The largest absolute Gasteiger partial charge is 0.491 e. The summed E-state index contributed by atoms with van der Waals surface area (Å²) in [5.41, 5.74) is 1.30. The van der Waals surface area contributed by atoms with Crippen molar-refractivity contribution in [3.8, 4) is 5.75 Å². The van der Waals surface area contributed by atoms with E-state index in [-0.39, 0.29) is 0 Å². The van der Waals surface area contributed by atoms with Crippen LogP contribution in [0.15, 0.2) is 24.3 Å². The van der Waals surface area contributed by atoms with E-state index >= 15 is 0 Å². The van der Waals surface area contributed by atoms with Gasteiger partial charge in [-0.05, 0) is 36.5 Å². The third-order valence-corrected chi connectivity index (χ3v) is 3.21. The molecule has 100 valence electrons. The van der Waals surface area contributed by atoms with Crippen molar-refractivity contribution in [2.75, 3.05) is 13.2 Å². The van der Waals surface area contributed by atoms with Gasteiger partial charge in [-0.2, -0.15) is 0 Å². The Balaban J connectivity index is 1.71. The number of ether oxygens (including phenoxy) is 1. The van der Waals surface area contributed by atoms with Crippen molar-refractivity contribution in [1.29, 1.82) is 0 Å². The van der Waals surface area contributed by atoms with Crippen LogP contribution in [-0.2, 0) is 0 Å². The third kappa shape index (κ3) is 4.31. The van der Waals surface area contributed by atoms with Gasteiger partial charge < -0.3 is 15.2 Å². The van der Waals surface area contributed by atoms with E-state index < -0.39 is 6.10 Å². The maximum absolute atomic E-state index is 9.74. The maximum Gasteiger partial charge on any atom is 0.119 e. The highest BCUT2D eigenvalue weighted by molar-refractivity contribution is 5.28. The highest BCUT2D eigenvalue weighted by atomic mass is 16.5. The summed E-state index contributed by atoms with van der Waals surface area (Å²) in [5, 5.41) is 13.0. The van der Waals surface area contributed by atoms with Gasteiger partial charge in [-0.1, -0.05) is 26.0 Å². The van der Waals surface area contributed by atoms with Crippen LogP contribution in [0.1, 0.15) is 38.2 Å². The average Bonchev–Trinajstić information content (AvgIpc) is 3.18. The molecule has 0 amide bonds. The molecule has 3 heteroatoms. The molecule has 0 aliphatic heterocycles. The van der Waals surface area contributed by atoms with E-state index in [1.165, 1.54) is 18.4 Å². The summed E-state index contributed by atoms with van der Waals surface area (Å²) in [6, 6.07) is 8.72. The normalized spacial score (nSPS) is 16.9. The third-order valence-electron chi connectivity index (χ3n) is 3.21. The fourth-order valence-electron chi connectivity index (χ4n) is 1.79. The van der Waals surface area contributed by atoms with Gasteiger partial charge >= 0.3 is 0 Å². The van der Waals surface area contributed by atoms with Gasteiger partial charge in [0.05, 0.1) is 0 Å². The Morgan fingerprint density at radius 3 is 2.50 bits per heavy atom. The monoisotopic (exact) mass is 249 g/mol. The second-order valence-electron chi connectivity index (χ2n) is 5.37. The van der Waals surface area contributed by atoms with Crippen LogP contribution < -0.4 is 10.1 Å². The van der Waals surface area contributed by atoms with Crippen molar-refractivity contribution in [1.82, 2.24) is 5.32 Å². The Morgan fingerprint density at radius 2 is 1.94 bits per heavy atom. The van der Waals surface area contributed by atoms with Gasteiger partial charge in [0, 0.05) is 12.6 Å². The number of hydrogen-bond donors (Lipinski definition) is 2. The van der Waals surface area contributed by atoms with E-state index in [0.717, 1.165) is 5.75 Å². The molecule has 2 rings (SSSR count). The summed E-state index contributed by atoms with van der Waals surface area (Å²) in [4.78, 5) is 0. The van der Waals surface area contributed by atoms with Gasteiger partial charge in [0.25, 0.3) is 0 Å². The lowest BCUT2D eigenvalue weighted by atomic mass is 10.0. The van der Waals surface area contributed by atoms with Crippen LogP contribution in [-0.4, -0.2) is 30.4 Å². The van der Waals surface area contributed by atoms with Gasteiger partial charge in [-0.25, -0.2) is 0 Å². The first kappa shape index (κ1) is 13.4. The molecule has 0 spiro atoms. The Labute approximate surface area is 109 Å². The highest BCUT2D eigenvalue weighted by Gasteiger charge is 2.21. The maximum atomic E-state index is 9.74. The molecule has 2 N–H and O–H groups in total. The van der Waals surface area contributed by atoms with Gasteiger partial charge in [0.15, 0.2) is 0 Å². The van der Waals surface area contributed by atoms with Gasteiger partial charge in [-0.15, -0.1) is 0 Å². The van der Waals surface area contributed by atoms with E-state index in [9.17, 15) is 5.11 Å². The Hall–Kier alpha value is -1.06. The van der Waals surface area contributed by atoms with E-state index in [1.54, 1.807) is 0 Å². The molecule has 0 radical (unpaired) electrons. The average molecular weight is 249 g/mol. The minimum atomic E-state index is -0.435. The van der Waals surface area contributed by atoms with Crippen molar-refractivity contribution in [2.24, 2.45) is 0 Å². The van der Waals surface area contributed by atoms with Gasteiger partial charge in [0.2, 0.25) is 0 Å². The molecule has 1 aliphatic rings. The summed E-state index contributed by atoms with van der Waals surface area (Å²) < 4.78 is 5.57. The van der Waals surface area contributed by atoms with Crippen LogP contribution in [0.2, 0.25) is 0 Å². The first-order chi connectivity index (χ1) is 8.65. The summed E-state index contributed by atoms with van der Waals surface area (Å²) >= 11 is 0. The smallest absolute Gasteiger partial charge is 0.119 e. The van der Waals surface area contributed by atoms with Gasteiger partial charge in [0.1, 0.15) is 18.5 Å². The number of rotatable bonds is 7. The van der Waals surface area contributed by atoms with Crippen molar-refractivity contribution >= 4 is 0 Å². The molecule has 1 aromatic rings. The molecule has 0 saturated heterocycles. The molecule has 3 nitrogen and oxygen atoms in total. The fourth-order valence-corrected chi connectivity index (χ4v) is 1.79. The predicted molar refractivity (Wildman–Crippen MR) is 73.1 cm³/mol. The van der Waals surface area contributed by atoms with Crippen LogP contribution in [0, 0.1) is 0 Å². The SMILES string of the molecule is CC(C)c1ccc(OCC(O)CNC2CC2)cc1. The first-order valence-electron chi connectivity index (χ1n) is 6.79. The number of benzene rings is 1. The molecule has 1 unspecified atom stereocenters. The molecule has 1 fully saturated rings. The minimum absolute atomic E-state index is 0.348. The summed E-state index contributed by atoms with van der Waals surface area (Å²) in [6.07, 6.45) is 2.05. The Morgan fingerprint density at radius 1 is 1.28 bits per heavy atom. The van der Waals surface area contributed by atoms with Gasteiger partial charge in [-0.3, -0.25) is 0 Å². The predicted octanol–water partition coefficient (Wildman–Crippen LogP) is 2.30. The van der Waals surface area contributed by atoms with E-state index in [2.05, 4.69) is 31.3 Å². The molecule has 0 heterocycles. The number of aliphatic hydroxyl groups is 1. The standard InChI is InChI=1S/C15H23NO2/c1-11(2)12-3-7-15(8-4-12)18-10-14(17)9-16-13-5-6-13/h3-4,7-8,11,13-14,16-17H,5-6,9-10H2,1-2H3. The first-order valence-corrected chi connectivity index (χ1v) is 6.79. The summed E-state index contributed by atoms with van der Waals surface area (Å²) in [6.45, 7) is 5.31. The molecule has 18 heavy (non-hydrogen) atoms. The Bertz CT molecular complexity index is 357. The zero-order valence-corrected chi connectivity index (χ0v) is 11.2. The van der Waals surface area contributed by atoms with Crippen molar-refractivity contribution in [2.45, 2.75) is 44.8 Å². The minimum Gasteiger partial charge on any atom is -0.491 e. The second kappa shape index (κ2) is 6.21. The molecule has 0 bridgehead atoms. The topological polar surface area (TPSA) is 41.5 Å². The summed E-state index contributed by atoms with van der Waals surface area (Å²) in [7, 11) is 0. The number of aliphatic hydroxyl groups excluding tert-OH is 1. The molecule has 1 aliphatic carbocycles. The number of hydrogen-bond acceptors (Lipinski definition) is 3. The number of nitrogens with one attached hydrogen (secondary N) is 1. The lowest BCUT2D eigenvalue weighted by molar-refractivity contribution is 0.106. The second-order valence-corrected chi connectivity index (χ2v) is 5.37. The summed E-state index contributed by atoms with van der Waals surface area (Å²) in [5.74, 6) is 1.36. The van der Waals surface area contributed by atoms with Crippen molar-refractivity contribution < 1.29 is 9.84 Å². The zero-order valence-electron chi connectivity index (χ0n) is 11.2. The molecule has 1 atom stereocenters. The zero-order chi connectivity index (χ0) is 13.0. The Kier molecular flexibility index (Phi) is 4.61. The molecule has 0 aromatic heterocycles. The van der Waals surface area contributed by atoms with Crippen LogP contribution in [0.4, 0.5) is 0 Å². The molecule has 1 saturated carbocycles. The van der Waals surface area contributed by atoms with E-state index in [4.69, 9.17) is 4.74 Å². The van der Waals surface area contributed by atoms with E-state index in [0.29, 0.717) is 25.1 Å². The molecular formula is C15H23NO2. The quantitative estimate of drug-likeness (QED) is 0.779. The van der Waals surface area contributed by atoms with Crippen LogP contribution in [0.5, 0.6) is 5.75 Å². The molecule has 1 aromatic carbocycles. The van der Waals surface area contributed by atoms with Crippen molar-refractivity contribution in [3.63, 3.8) is 0 Å². The molecular weight excluding hydrogens is 226 g/mol. The lowest BCUT2D eigenvalue weighted by Crippen LogP contribution is -2.32. The van der Waals surface area contributed by atoms with Crippen LogP contribution in [0.3, 0.4) is 0 Å². The lowest BCUT2D eigenvalue weighted by Gasteiger charge is -2.13.